The van der Waals surface area contributed by atoms with Crippen molar-refractivity contribution >= 4 is 17.7 Å². The fourth-order valence-corrected chi connectivity index (χ4v) is 4.12. The molecule has 0 bridgehead atoms. The van der Waals surface area contributed by atoms with Crippen molar-refractivity contribution in [1.29, 1.82) is 0 Å². The Morgan fingerprint density at radius 1 is 0.941 bits per heavy atom. The van der Waals surface area contributed by atoms with E-state index in [1.807, 2.05) is 32.1 Å². The van der Waals surface area contributed by atoms with E-state index in [0.29, 0.717) is 31.8 Å². The number of anilines is 1. The van der Waals surface area contributed by atoms with Crippen molar-refractivity contribution in [2.75, 3.05) is 44.4 Å². The molecule has 184 valence electrons. The molecule has 0 atom stereocenters. The molecule has 0 radical (unpaired) electrons. The third-order valence-corrected chi connectivity index (χ3v) is 6.05. The number of carbonyl (C=O) groups is 1. The molecule has 3 rings (SSSR count). The van der Waals surface area contributed by atoms with Gasteiger partial charge in [0.1, 0.15) is 12.4 Å². The zero-order valence-corrected chi connectivity index (χ0v) is 21.0. The van der Waals surface area contributed by atoms with E-state index in [2.05, 4.69) is 42.2 Å². The van der Waals surface area contributed by atoms with E-state index in [-0.39, 0.29) is 5.97 Å². The van der Waals surface area contributed by atoms with Crippen LogP contribution in [0.4, 0.5) is 5.69 Å². The zero-order chi connectivity index (χ0) is 24.2. The van der Waals surface area contributed by atoms with Crippen LogP contribution < -0.4 is 9.64 Å². The number of benzene rings is 2. The van der Waals surface area contributed by atoms with Gasteiger partial charge in [-0.3, -0.25) is 0 Å². The molecule has 5 nitrogen and oxygen atoms in total. The average molecular weight is 466 g/mol. The van der Waals surface area contributed by atoms with E-state index in [9.17, 15) is 4.79 Å². The third kappa shape index (κ3) is 7.36. The van der Waals surface area contributed by atoms with Crippen LogP contribution in [0.3, 0.4) is 0 Å². The Labute approximate surface area is 204 Å². The quantitative estimate of drug-likeness (QED) is 0.192. The number of carbonyl (C=O) groups excluding carboxylic acids is 1. The number of unbranched alkanes of at least 4 members (excludes halogenated alkanes) is 1. The summed E-state index contributed by atoms with van der Waals surface area (Å²) >= 11 is 0. The molecule has 2 aromatic carbocycles. The maximum absolute atomic E-state index is 12.4. The Hall–Kier alpha value is -2.79. The van der Waals surface area contributed by atoms with E-state index in [0.717, 1.165) is 55.0 Å². The molecule has 0 saturated carbocycles. The van der Waals surface area contributed by atoms with Crippen LogP contribution in [0.2, 0.25) is 0 Å². The van der Waals surface area contributed by atoms with Crippen molar-refractivity contribution < 1.29 is 19.0 Å². The highest BCUT2D eigenvalue weighted by atomic mass is 16.5. The Morgan fingerprint density at radius 2 is 1.68 bits per heavy atom. The van der Waals surface area contributed by atoms with Gasteiger partial charge < -0.3 is 19.1 Å². The molecule has 0 N–H and O–H groups in total. The molecule has 0 amide bonds. The standard InChI is InChI=1S/C29H39NO4/c1-4-7-18-32-19-20-34-27-13-10-24(11-14-27)25-12-15-28(30-16-8-9-17-30)26(22-25)21-23(5-2)29(31)33-6-3/h10-15,21-22H,4-9,16-20H2,1-3H3. The second-order valence-corrected chi connectivity index (χ2v) is 8.55. The first-order chi connectivity index (χ1) is 16.7. The maximum atomic E-state index is 12.4. The average Bonchev–Trinajstić information content (AvgIpc) is 3.40. The molecule has 1 saturated heterocycles. The predicted octanol–water partition coefficient (Wildman–Crippen LogP) is 6.51. The number of ether oxygens (including phenoxy) is 3. The van der Waals surface area contributed by atoms with E-state index in [4.69, 9.17) is 14.2 Å². The normalized spacial score (nSPS) is 13.9. The van der Waals surface area contributed by atoms with Gasteiger partial charge in [0, 0.05) is 31.0 Å². The van der Waals surface area contributed by atoms with Crippen molar-refractivity contribution in [3.05, 3.63) is 53.6 Å². The van der Waals surface area contributed by atoms with Gasteiger partial charge in [0.2, 0.25) is 0 Å². The molecular formula is C29H39NO4. The SMILES string of the molecule is CCCCOCCOc1ccc(-c2ccc(N3CCCC3)c(C=C(CC)C(=O)OCC)c2)cc1. The molecule has 0 aliphatic carbocycles. The second-order valence-electron chi connectivity index (χ2n) is 8.55. The van der Waals surface area contributed by atoms with Crippen LogP contribution in [0, 0.1) is 0 Å². The van der Waals surface area contributed by atoms with Gasteiger partial charge in [-0.25, -0.2) is 4.79 Å². The van der Waals surface area contributed by atoms with Crippen molar-refractivity contribution in [2.45, 2.75) is 52.9 Å². The summed E-state index contributed by atoms with van der Waals surface area (Å²) in [5.41, 5.74) is 5.17. The van der Waals surface area contributed by atoms with Crippen LogP contribution in [0.5, 0.6) is 5.75 Å². The maximum Gasteiger partial charge on any atom is 0.333 e. The highest BCUT2D eigenvalue weighted by Crippen LogP contribution is 2.32. The Morgan fingerprint density at radius 3 is 2.35 bits per heavy atom. The number of nitrogens with zero attached hydrogens (tertiary/aromatic N) is 1. The minimum atomic E-state index is -0.233. The molecule has 0 aromatic heterocycles. The molecule has 0 spiro atoms. The summed E-state index contributed by atoms with van der Waals surface area (Å²) in [7, 11) is 0. The molecule has 1 heterocycles. The fourth-order valence-electron chi connectivity index (χ4n) is 4.12. The molecule has 1 aliphatic heterocycles. The van der Waals surface area contributed by atoms with E-state index in [1.165, 1.54) is 18.5 Å². The van der Waals surface area contributed by atoms with Gasteiger partial charge in [-0.1, -0.05) is 38.5 Å². The first-order valence-electron chi connectivity index (χ1n) is 12.7. The van der Waals surface area contributed by atoms with Crippen LogP contribution >= 0.6 is 0 Å². The lowest BCUT2D eigenvalue weighted by Crippen LogP contribution is -2.18. The molecule has 1 fully saturated rings. The fraction of sp³-hybridized carbons (Fsp3) is 0.483. The van der Waals surface area contributed by atoms with Crippen LogP contribution in [-0.2, 0) is 14.3 Å². The number of esters is 1. The van der Waals surface area contributed by atoms with Crippen LogP contribution in [-0.4, -0.2) is 45.5 Å². The lowest BCUT2D eigenvalue weighted by atomic mass is 9.99. The summed E-state index contributed by atoms with van der Waals surface area (Å²) in [5.74, 6) is 0.607. The molecule has 1 aliphatic rings. The Balaban J connectivity index is 1.78. The Bertz CT molecular complexity index is 930. The summed E-state index contributed by atoms with van der Waals surface area (Å²) in [6, 6.07) is 14.7. The highest BCUT2D eigenvalue weighted by molar-refractivity contribution is 5.95. The molecule has 5 heteroatoms. The van der Waals surface area contributed by atoms with E-state index >= 15 is 0 Å². The Kier molecular flexibility index (Phi) is 10.5. The van der Waals surface area contributed by atoms with E-state index in [1.54, 1.807) is 0 Å². The van der Waals surface area contributed by atoms with Crippen molar-refractivity contribution in [1.82, 2.24) is 0 Å². The first kappa shape index (κ1) is 25.8. The van der Waals surface area contributed by atoms with Crippen LogP contribution in [0.1, 0.15) is 58.4 Å². The monoisotopic (exact) mass is 465 g/mol. The minimum Gasteiger partial charge on any atom is -0.491 e. The van der Waals surface area contributed by atoms with Gasteiger partial charge in [-0.05, 0) is 79.6 Å². The number of rotatable bonds is 13. The zero-order valence-electron chi connectivity index (χ0n) is 21.0. The summed E-state index contributed by atoms with van der Waals surface area (Å²) in [5, 5.41) is 0. The molecular weight excluding hydrogens is 426 g/mol. The van der Waals surface area contributed by atoms with Gasteiger partial charge in [-0.15, -0.1) is 0 Å². The largest absolute Gasteiger partial charge is 0.491 e. The van der Waals surface area contributed by atoms with Gasteiger partial charge in [0.05, 0.1) is 13.2 Å². The minimum absolute atomic E-state index is 0.233. The number of hydrogen-bond donors (Lipinski definition) is 0. The summed E-state index contributed by atoms with van der Waals surface area (Å²) in [6.45, 7) is 10.4. The van der Waals surface area contributed by atoms with E-state index < -0.39 is 0 Å². The lowest BCUT2D eigenvalue weighted by molar-refractivity contribution is -0.138. The first-order valence-corrected chi connectivity index (χ1v) is 12.7. The summed E-state index contributed by atoms with van der Waals surface area (Å²) < 4.78 is 16.6. The van der Waals surface area contributed by atoms with Gasteiger partial charge in [0.15, 0.2) is 0 Å². The lowest BCUT2D eigenvalue weighted by Gasteiger charge is -2.21. The smallest absolute Gasteiger partial charge is 0.333 e. The molecule has 34 heavy (non-hydrogen) atoms. The van der Waals surface area contributed by atoms with Crippen LogP contribution in [0.15, 0.2) is 48.0 Å². The van der Waals surface area contributed by atoms with Gasteiger partial charge in [0.25, 0.3) is 0 Å². The molecule has 2 aromatic rings. The number of hydrogen-bond acceptors (Lipinski definition) is 5. The highest BCUT2D eigenvalue weighted by Gasteiger charge is 2.17. The summed E-state index contributed by atoms with van der Waals surface area (Å²) in [4.78, 5) is 14.8. The second kappa shape index (κ2) is 13.8. The predicted molar refractivity (Wildman–Crippen MR) is 139 cm³/mol. The third-order valence-electron chi connectivity index (χ3n) is 6.05. The van der Waals surface area contributed by atoms with Crippen molar-refractivity contribution in [2.24, 2.45) is 0 Å². The van der Waals surface area contributed by atoms with Crippen molar-refractivity contribution in [3.8, 4) is 16.9 Å². The summed E-state index contributed by atoms with van der Waals surface area (Å²) in [6.07, 6.45) is 7.27. The molecule has 0 unspecified atom stereocenters. The van der Waals surface area contributed by atoms with Gasteiger partial charge in [-0.2, -0.15) is 0 Å². The van der Waals surface area contributed by atoms with Crippen LogP contribution in [0.25, 0.3) is 17.2 Å². The topological polar surface area (TPSA) is 48.0 Å². The van der Waals surface area contributed by atoms with Crippen molar-refractivity contribution in [3.63, 3.8) is 0 Å². The van der Waals surface area contributed by atoms with Gasteiger partial charge >= 0.3 is 5.97 Å².